The average Bonchev–Trinajstić information content (AvgIpc) is 2.40. The summed E-state index contributed by atoms with van der Waals surface area (Å²) in [6, 6.07) is 12.5. The number of aliphatic hydroxyl groups excluding tert-OH is 1. The summed E-state index contributed by atoms with van der Waals surface area (Å²) >= 11 is 0. The average molecular weight is 272 g/mol. The Bertz CT molecular complexity index is 594. The maximum Gasteiger partial charge on any atom is 0.129 e. The lowest BCUT2D eigenvalue weighted by atomic mass is 9.86. The third-order valence-corrected chi connectivity index (χ3v) is 3.54. The molecule has 20 heavy (non-hydrogen) atoms. The van der Waals surface area contributed by atoms with Crippen molar-refractivity contribution in [1.29, 1.82) is 0 Å². The number of hydrogen-bond donors (Lipinski definition) is 1. The van der Waals surface area contributed by atoms with Crippen molar-refractivity contribution in [1.82, 2.24) is 0 Å². The van der Waals surface area contributed by atoms with Crippen LogP contribution in [0.4, 0.5) is 4.39 Å². The predicted molar refractivity (Wildman–Crippen MR) is 80.3 cm³/mol. The van der Waals surface area contributed by atoms with E-state index in [1.807, 2.05) is 31.2 Å². The molecule has 0 radical (unpaired) electrons. The maximum atomic E-state index is 13.8. The van der Waals surface area contributed by atoms with E-state index in [4.69, 9.17) is 0 Å². The fourth-order valence-electron chi connectivity index (χ4n) is 2.22. The van der Waals surface area contributed by atoms with Gasteiger partial charge in [-0.15, -0.1) is 0 Å². The molecule has 2 aromatic rings. The molecule has 1 atom stereocenters. The lowest BCUT2D eigenvalue weighted by molar-refractivity contribution is 0.215. The Labute approximate surface area is 120 Å². The molecule has 1 N–H and O–H groups in total. The first-order valence-corrected chi connectivity index (χ1v) is 6.83. The van der Waals surface area contributed by atoms with Crippen LogP contribution < -0.4 is 0 Å². The minimum atomic E-state index is -0.927. The molecule has 2 heteroatoms. The summed E-state index contributed by atoms with van der Waals surface area (Å²) in [5.41, 5.74) is 3.24. The molecule has 0 saturated carbocycles. The lowest BCUT2D eigenvalue weighted by Gasteiger charge is -2.20. The van der Waals surface area contributed by atoms with E-state index in [1.165, 1.54) is 11.6 Å². The molecule has 0 spiro atoms. The van der Waals surface area contributed by atoms with Gasteiger partial charge in [0.25, 0.3) is 0 Å². The van der Waals surface area contributed by atoms with Crippen molar-refractivity contribution in [2.75, 3.05) is 0 Å². The molecule has 0 aliphatic heterocycles. The summed E-state index contributed by atoms with van der Waals surface area (Å²) in [5.74, 6) is -0.372. The quantitative estimate of drug-likeness (QED) is 0.852. The molecule has 0 aliphatic rings. The Balaban J connectivity index is 2.34. The van der Waals surface area contributed by atoms with Crippen molar-refractivity contribution in [2.45, 2.75) is 39.2 Å². The van der Waals surface area contributed by atoms with Crippen molar-refractivity contribution >= 4 is 0 Å². The summed E-state index contributed by atoms with van der Waals surface area (Å²) in [6.45, 7) is 8.30. The summed E-state index contributed by atoms with van der Waals surface area (Å²) in [5, 5.41) is 10.4. The van der Waals surface area contributed by atoms with E-state index in [0.29, 0.717) is 11.1 Å². The molecule has 0 bridgehead atoms. The Morgan fingerprint density at radius 2 is 1.60 bits per heavy atom. The van der Waals surface area contributed by atoms with Gasteiger partial charge in [0.05, 0.1) is 0 Å². The second kappa shape index (κ2) is 5.37. The van der Waals surface area contributed by atoms with E-state index in [0.717, 1.165) is 5.56 Å². The zero-order valence-corrected chi connectivity index (χ0v) is 12.4. The fourth-order valence-corrected chi connectivity index (χ4v) is 2.22. The molecule has 1 unspecified atom stereocenters. The highest BCUT2D eigenvalue weighted by Gasteiger charge is 2.17. The van der Waals surface area contributed by atoms with Gasteiger partial charge in [-0.25, -0.2) is 4.39 Å². The lowest BCUT2D eigenvalue weighted by Crippen LogP contribution is -2.11. The Kier molecular flexibility index (Phi) is 3.96. The molecule has 0 fully saturated rings. The van der Waals surface area contributed by atoms with Crippen molar-refractivity contribution < 1.29 is 9.50 Å². The maximum absolute atomic E-state index is 13.8. The molecule has 0 saturated heterocycles. The predicted octanol–water partition coefficient (Wildman–Crippen LogP) is 4.51. The van der Waals surface area contributed by atoms with Gasteiger partial charge in [-0.3, -0.25) is 0 Å². The number of aryl methyl sites for hydroxylation is 1. The molecule has 106 valence electrons. The van der Waals surface area contributed by atoms with Gasteiger partial charge in [0.15, 0.2) is 0 Å². The summed E-state index contributed by atoms with van der Waals surface area (Å²) in [6.07, 6.45) is -0.927. The second-order valence-electron chi connectivity index (χ2n) is 6.30. The largest absolute Gasteiger partial charge is 0.384 e. The standard InChI is InChI=1S/C18H21FO/c1-12-5-10-16(19)15(11-12)17(20)13-6-8-14(9-7-13)18(2,3)4/h5-11,17,20H,1-4H3. The van der Waals surface area contributed by atoms with Crippen molar-refractivity contribution in [3.8, 4) is 0 Å². The van der Waals surface area contributed by atoms with Gasteiger partial charge in [-0.1, -0.05) is 62.7 Å². The summed E-state index contributed by atoms with van der Waals surface area (Å²) < 4.78 is 13.8. The number of hydrogen-bond acceptors (Lipinski definition) is 1. The first kappa shape index (κ1) is 14.7. The van der Waals surface area contributed by atoms with Crippen LogP contribution in [0.1, 0.15) is 49.1 Å². The highest BCUT2D eigenvalue weighted by Crippen LogP contribution is 2.28. The van der Waals surface area contributed by atoms with Gasteiger partial charge >= 0.3 is 0 Å². The van der Waals surface area contributed by atoms with Crippen LogP contribution in [-0.2, 0) is 5.41 Å². The summed E-state index contributed by atoms with van der Waals surface area (Å²) in [7, 11) is 0. The monoisotopic (exact) mass is 272 g/mol. The van der Waals surface area contributed by atoms with Crippen molar-refractivity contribution in [3.05, 3.63) is 70.5 Å². The van der Waals surface area contributed by atoms with E-state index in [9.17, 15) is 9.50 Å². The number of aliphatic hydroxyl groups is 1. The zero-order chi connectivity index (χ0) is 14.9. The highest BCUT2D eigenvalue weighted by atomic mass is 19.1. The molecule has 0 amide bonds. The third kappa shape index (κ3) is 3.07. The molecular formula is C18H21FO. The van der Waals surface area contributed by atoms with Gasteiger partial charge < -0.3 is 5.11 Å². The van der Waals surface area contributed by atoms with Gasteiger partial charge in [0.2, 0.25) is 0 Å². The minimum Gasteiger partial charge on any atom is -0.384 e. The van der Waals surface area contributed by atoms with Crippen LogP contribution >= 0.6 is 0 Å². The normalized spacial score (nSPS) is 13.3. The highest BCUT2D eigenvalue weighted by molar-refractivity contribution is 5.36. The first-order chi connectivity index (χ1) is 9.29. The van der Waals surface area contributed by atoms with Crippen LogP contribution in [0, 0.1) is 12.7 Å². The van der Waals surface area contributed by atoms with E-state index in [1.54, 1.807) is 12.1 Å². The van der Waals surface area contributed by atoms with Crippen LogP contribution in [0.3, 0.4) is 0 Å². The van der Waals surface area contributed by atoms with Crippen LogP contribution in [-0.4, -0.2) is 5.11 Å². The molecule has 2 aromatic carbocycles. The van der Waals surface area contributed by atoms with Crippen LogP contribution in [0.2, 0.25) is 0 Å². The molecule has 0 aromatic heterocycles. The number of rotatable bonds is 2. The van der Waals surface area contributed by atoms with E-state index in [2.05, 4.69) is 20.8 Å². The number of benzene rings is 2. The molecule has 1 nitrogen and oxygen atoms in total. The van der Waals surface area contributed by atoms with E-state index in [-0.39, 0.29) is 11.2 Å². The molecular weight excluding hydrogens is 251 g/mol. The number of halogens is 1. The zero-order valence-electron chi connectivity index (χ0n) is 12.4. The van der Waals surface area contributed by atoms with Crippen molar-refractivity contribution in [2.24, 2.45) is 0 Å². The first-order valence-electron chi connectivity index (χ1n) is 6.83. The third-order valence-electron chi connectivity index (χ3n) is 3.54. The van der Waals surface area contributed by atoms with Crippen LogP contribution in [0.5, 0.6) is 0 Å². The fraction of sp³-hybridized carbons (Fsp3) is 0.333. The van der Waals surface area contributed by atoms with Crippen LogP contribution in [0.15, 0.2) is 42.5 Å². The Morgan fingerprint density at radius 3 is 2.15 bits per heavy atom. The second-order valence-corrected chi connectivity index (χ2v) is 6.30. The minimum absolute atomic E-state index is 0.0675. The van der Waals surface area contributed by atoms with Crippen molar-refractivity contribution in [3.63, 3.8) is 0 Å². The van der Waals surface area contributed by atoms with Gasteiger partial charge in [-0.05, 0) is 29.5 Å². The Morgan fingerprint density at radius 1 is 1.00 bits per heavy atom. The van der Waals surface area contributed by atoms with Gasteiger partial charge in [-0.2, -0.15) is 0 Å². The SMILES string of the molecule is Cc1ccc(F)c(C(O)c2ccc(C(C)(C)C)cc2)c1. The summed E-state index contributed by atoms with van der Waals surface area (Å²) in [4.78, 5) is 0. The topological polar surface area (TPSA) is 20.2 Å². The van der Waals surface area contributed by atoms with Gasteiger partial charge in [0, 0.05) is 5.56 Å². The van der Waals surface area contributed by atoms with Gasteiger partial charge in [0.1, 0.15) is 11.9 Å². The smallest absolute Gasteiger partial charge is 0.129 e. The van der Waals surface area contributed by atoms with Crippen LogP contribution in [0.25, 0.3) is 0 Å². The molecule has 0 heterocycles. The van der Waals surface area contributed by atoms with E-state index < -0.39 is 6.10 Å². The Hall–Kier alpha value is -1.67. The van der Waals surface area contributed by atoms with E-state index >= 15 is 0 Å². The molecule has 2 rings (SSSR count). The molecule has 0 aliphatic carbocycles.